The summed E-state index contributed by atoms with van der Waals surface area (Å²) in [7, 11) is 0. The number of carbonyl (C=O) groups excluding carboxylic acids is 1. The minimum absolute atomic E-state index is 0. The summed E-state index contributed by atoms with van der Waals surface area (Å²) in [5, 5.41) is 11.1. The molecule has 0 amide bonds. The second kappa shape index (κ2) is 9.64. The summed E-state index contributed by atoms with van der Waals surface area (Å²) in [6.45, 7) is 0.949. The highest BCUT2D eigenvalue weighted by Crippen LogP contribution is 2.00. The number of rotatable bonds is 6. The van der Waals surface area contributed by atoms with Crippen LogP contribution in [0.3, 0.4) is 0 Å². The molecule has 0 bridgehead atoms. The van der Waals surface area contributed by atoms with Gasteiger partial charge in [0.25, 0.3) is 0 Å². The predicted octanol–water partition coefficient (Wildman–Crippen LogP) is 1.65. The maximum absolute atomic E-state index is 11.2. The summed E-state index contributed by atoms with van der Waals surface area (Å²) in [4.78, 5) is 11.2. The molecule has 0 unspecified atom stereocenters. The summed E-state index contributed by atoms with van der Waals surface area (Å²) < 4.78 is 5.02. The molecular weight excluding hydrogens is 240 g/mol. The lowest BCUT2D eigenvalue weighted by atomic mass is 10.2. The average molecular weight is 255 g/mol. The number of nitrogens with zero attached hydrogens (tertiary/aromatic N) is 1. The first-order valence-corrected chi connectivity index (χ1v) is 5.10. The monoisotopic (exact) mass is 254 g/mol. The Morgan fingerprint density at radius 1 is 1.35 bits per heavy atom. The van der Waals surface area contributed by atoms with E-state index in [0.29, 0.717) is 19.6 Å². The van der Waals surface area contributed by atoms with Gasteiger partial charge in [-0.3, -0.25) is 4.79 Å². The zero-order chi connectivity index (χ0) is 11.6. The Morgan fingerprint density at radius 3 is 2.71 bits per heavy atom. The molecule has 0 heterocycles. The third kappa shape index (κ3) is 7.34. The molecule has 1 aromatic rings. The maximum atomic E-state index is 11.2. The number of ether oxygens (including phenoxy) is 1. The molecule has 0 aliphatic rings. The molecule has 0 aliphatic carbocycles. The number of esters is 1. The van der Waals surface area contributed by atoms with E-state index in [9.17, 15) is 4.79 Å². The van der Waals surface area contributed by atoms with Crippen LogP contribution in [-0.4, -0.2) is 19.1 Å². The number of hydrogen-bond acceptors (Lipinski definition) is 4. The number of benzene rings is 1. The topological polar surface area (TPSA) is 62.1 Å². The van der Waals surface area contributed by atoms with Gasteiger partial charge < -0.3 is 10.1 Å². The van der Waals surface area contributed by atoms with Gasteiger partial charge in [-0.15, -0.1) is 12.4 Å². The van der Waals surface area contributed by atoms with Crippen molar-refractivity contribution in [3.05, 3.63) is 35.9 Å². The van der Waals surface area contributed by atoms with Gasteiger partial charge in [0.2, 0.25) is 0 Å². The van der Waals surface area contributed by atoms with Gasteiger partial charge in [-0.25, -0.2) is 0 Å². The highest BCUT2D eigenvalue weighted by Gasteiger charge is 2.01. The molecule has 0 saturated heterocycles. The number of nitriles is 1. The summed E-state index contributed by atoms with van der Waals surface area (Å²) in [5.74, 6) is -0.304. The second-order valence-corrected chi connectivity index (χ2v) is 3.23. The van der Waals surface area contributed by atoms with Crippen LogP contribution >= 0.6 is 12.4 Å². The van der Waals surface area contributed by atoms with Crippen LogP contribution in [0.5, 0.6) is 0 Å². The van der Waals surface area contributed by atoms with Crippen LogP contribution in [0.2, 0.25) is 0 Å². The molecule has 0 aliphatic heterocycles. The number of halogens is 1. The maximum Gasteiger partial charge on any atom is 0.320 e. The van der Waals surface area contributed by atoms with Crippen molar-refractivity contribution >= 4 is 18.4 Å². The van der Waals surface area contributed by atoms with Crippen molar-refractivity contribution in [1.82, 2.24) is 5.32 Å². The third-order valence-corrected chi connectivity index (χ3v) is 1.93. The molecule has 1 rings (SSSR count). The number of hydrogen-bond donors (Lipinski definition) is 1. The lowest BCUT2D eigenvalue weighted by molar-refractivity contribution is -0.143. The molecule has 0 aromatic heterocycles. The van der Waals surface area contributed by atoms with Crippen LogP contribution in [0.15, 0.2) is 30.3 Å². The van der Waals surface area contributed by atoms with Crippen LogP contribution in [0.25, 0.3) is 0 Å². The Kier molecular flexibility index (Phi) is 8.75. The minimum Gasteiger partial charge on any atom is -0.460 e. The largest absolute Gasteiger partial charge is 0.460 e. The van der Waals surface area contributed by atoms with E-state index in [2.05, 4.69) is 5.32 Å². The summed E-state index contributed by atoms with van der Waals surface area (Å²) in [5.41, 5.74) is 0.966. The number of nitrogens with one attached hydrogen (secondary N) is 1. The molecule has 0 fully saturated rings. The first-order chi connectivity index (χ1) is 7.83. The van der Waals surface area contributed by atoms with E-state index in [-0.39, 0.29) is 24.9 Å². The molecule has 17 heavy (non-hydrogen) atoms. The van der Waals surface area contributed by atoms with Gasteiger partial charge in [0.05, 0.1) is 12.6 Å². The van der Waals surface area contributed by atoms with E-state index in [0.717, 1.165) is 5.56 Å². The summed E-state index contributed by atoms with van der Waals surface area (Å²) >= 11 is 0. The zero-order valence-electron chi connectivity index (χ0n) is 9.39. The van der Waals surface area contributed by atoms with Crippen LogP contribution < -0.4 is 5.32 Å². The van der Waals surface area contributed by atoms with E-state index in [1.165, 1.54) is 0 Å². The van der Waals surface area contributed by atoms with Crippen molar-refractivity contribution < 1.29 is 9.53 Å². The minimum atomic E-state index is -0.304. The van der Waals surface area contributed by atoms with Crippen molar-refractivity contribution in [2.75, 3.05) is 13.1 Å². The lowest BCUT2D eigenvalue weighted by Gasteiger charge is -2.05. The second-order valence-electron chi connectivity index (χ2n) is 3.23. The van der Waals surface area contributed by atoms with E-state index < -0.39 is 0 Å². The van der Waals surface area contributed by atoms with Crippen LogP contribution in [0, 0.1) is 11.3 Å². The van der Waals surface area contributed by atoms with Crippen molar-refractivity contribution in [3.8, 4) is 6.07 Å². The first kappa shape index (κ1) is 15.4. The van der Waals surface area contributed by atoms with Gasteiger partial charge in [-0.2, -0.15) is 5.26 Å². The van der Waals surface area contributed by atoms with Gasteiger partial charge in [0.15, 0.2) is 0 Å². The van der Waals surface area contributed by atoms with Crippen LogP contribution in [0.4, 0.5) is 0 Å². The quantitative estimate of drug-likeness (QED) is 0.619. The van der Waals surface area contributed by atoms with Gasteiger partial charge >= 0.3 is 5.97 Å². The average Bonchev–Trinajstić information content (AvgIpc) is 2.33. The van der Waals surface area contributed by atoms with E-state index in [1.54, 1.807) is 0 Å². The molecule has 4 nitrogen and oxygen atoms in total. The van der Waals surface area contributed by atoms with Gasteiger partial charge in [-0.05, 0) is 5.56 Å². The molecule has 0 radical (unpaired) electrons. The van der Waals surface area contributed by atoms with Gasteiger partial charge in [0, 0.05) is 13.0 Å². The molecule has 1 N–H and O–H groups in total. The standard InChI is InChI=1S/C12H14N2O2.ClH/c13-7-4-8-14-9-12(15)16-10-11-5-2-1-3-6-11;/h1-3,5-6,14H,4,8-10H2;1H. The highest BCUT2D eigenvalue weighted by molar-refractivity contribution is 5.85. The Balaban J connectivity index is 0.00000256. The SMILES string of the molecule is Cl.N#CCCNCC(=O)OCc1ccccc1. The van der Waals surface area contributed by atoms with Crippen molar-refractivity contribution in [3.63, 3.8) is 0 Å². The fourth-order valence-corrected chi connectivity index (χ4v) is 1.12. The Morgan fingerprint density at radius 2 is 2.06 bits per heavy atom. The molecule has 5 heteroatoms. The van der Waals surface area contributed by atoms with Crippen LogP contribution in [0.1, 0.15) is 12.0 Å². The van der Waals surface area contributed by atoms with E-state index >= 15 is 0 Å². The van der Waals surface area contributed by atoms with E-state index in [1.807, 2.05) is 36.4 Å². The Bertz CT molecular complexity index is 363. The van der Waals surface area contributed by atoms with Gasteiger partial charge in [-0.1, -0.05) is 30.3 Å². The fourth-order valence-electron chi connectivity index (χ4n) is 1.12. The number of carbonyl (C=O) groups is 1. The normalized spacial score (nSPS) is 8.88. The lowest BCUT2D eigenvalue weighted by Crippen LogP contribution is -2.25. The van der Waals surface area contributed by atoms with Crippen molar-refractivity contribution in [2.45, 2.75) is 13.0 Å². The Labute approximate surface area is 107 Å². The van der Waals surface area contributed by atoms with E-state index in [4.69, 9.17) is 10.00 Å². The van der Waals surface area contributed by atoms with Crippen molar-refractivity contribution in [2.24, 2.45) is 0 Å². The zero-order valence-corrected chi connectivity index (χ0v) is 10.2. The smallest absolute Gasteiger partial charge is 0.320 e. The fraction of sp³-hybridized carbons (Fsp3) is 0.333. The predicted molar refractivity (Wildman–Crippen MR) is 66.6 cm³/mol. The molecule has 0 saturated carbocycles. The third-order valence-electron chi connectivity index (χ3n) is 1.93. The van der Waals surface area contributed by atoms with Gasteiger partial charge in [0.1, 0.15) is 6.61 Å². The first-order valence-electron chi connectivity index (χ1n) is 5.10. The summed E-state index contributed by atoms with van der Waals surface area (Å²) in [6, 6.07) is 11.5. The van der Waals surface area contributed by atoms with Crippen molar-refractivity contribution in [1.29, 1.82) is 5.26 Å². The molecule has 0 atom stereocenters. The summed E-state index contributed by atoms with van der Waals surface area (Å²) in [6.07, 6.45) is 0.395. The molecule has 92 valence electrons. The Hall–Kier alpha value is -1.57. The highest BCUT2D eigenvalue weighted by atomic mass is 35.5. The van der Waals surface area contributed by atoms with Crippen LogP contribution in [-0.2, 0) is 16.1 Å². The molecule has 0 spiro atoms. The molecular formula is C12H15ClN2O2. The molecule has 1 aromatic carbocycles.